The minimum atomic E-state index is -0.165. The van der Waals surface area contributed by atoms with Gasteiger partial charge in [-0.15, -0.1) is 5.10 Å². The summed E-state index contributed by atoms with van der Waals surface area (Å²) in [7, 11) is 0. The first kappa shape index (κ1) is 18.8. The van der Waals surface area contributed by atoms with Crippen molar-refractivity contribution in [1.29, 1.82) is 0 Å². The number of fused-ring (bicyclic) bond motifs is 5. The third-order valence-electron chi connectivity index (χ3n) is 6.35. The first-order valence-electron chi connectivity index (χ1n) is 11.1. The quantitative estimate of drug-likeness (QED) is 0.359. The van der Waals surface area contributed by atoms with Gasteiger partial charge in [-0.05, 0) is 22.4 Å². The maximum atomic E-state index is 10.1. The van der Waals surface area contributed by atoms with Crippen molar-refractivity contribution in [2.75, 3.05) is 0 Å². The second-order valence-electron chi connectivity index (χ2n) is 8.36. The van der Waals surface area contributed by atoms with Gasteiger partial charge in [0.2, 0.25) is 5.88 Å². The van der Waals surface area contributed by atoms with Gasteiger partial charge in [-0.1, -0.05) is 78.9 Å². The van der Waals surface area contributed by atoms with Crippen molar-refractivity contribution in [3.63, 3.8) is 0 Å². The topological polar surface area (TPSA) is 72.5 Å². The van der Waals surface area contributed by atoms with Gasteiger partial charge in [0.15, 0.2) is 11.5 Å². The van der Waals surface area contributed by atoms with Gasteiger partial charge in [0.1, 0.15) is 17.8 Å². The first-order chi connectivity index (χ1) is 16.8. The van der Waals surface area contributed by atoms with Crippen molar-refractivity contribution in [2.45, 2.75) is 5.92 Å². The summed E-state index contributed by atoms with van der Waals surface area (Å²) in [5, 5.41) is 17.1. The summed E-state index contributed by atoms with van der Waals surface area (Å²) in [6.07, 6.45) is 1.63. The molecule has 0 aliphatic carbocycles. The number of hydrogen-bond acceptors (Lipinski definition) is 5. The highest BCUT2D eigenvalue weighted by Gasteiger charge is 2.33. The predicted octanol–water partition coefficient (Wildman–Crippen LogP) is 5.94. The van der Waals surface area contributed by atoms with Crippen LogP contribution >= 0.6 is 0 Å². The Kier molecular flexibility index (Phi) is 3.96. The zero-order valence-electron chi connectivity index (χ0n) is 18.0. The average molecular weight is 442 g/mol. The lowest BCUT2D eigenvalue weighted by atomic mass is 9.84. The van der Waals surface area contributed by atoms with Crippen LogP contribution in [0.3, 0.4) is 0 Å². The number of aromatic nitrogens is 4. The van der Waals surface area contributed by atoms with E-state index < -0.39 is 0 Å². The maximum Gasteiger partial charge on any atom is 0.228 e. The van der Waals surface area contributed by atoms with Gasteiger partial charge < -0.3 is 9.84 Å². The molecule has 6 heteroatoms. The predicted molar refractivity (Wildman–Crippen MR) is 129 cm³/mol. The number of ether oxygens (including phenoxy) is 1. The lowest BCUT2D eigenvalue weighted by Crippen LogP contribution is -2.14. The fourth-order valence-electron chi connectivity index (χ4n) is 4.83. The van der Waals surface area contributed by atoms with Crippen LogP contribution < -0.4 is 4.74 Å². The molecule has 7 rings (SSSR count). The zero-order chi connectivity index (χ0) is 22.6. The second-order valence-corrected chi connectivity index (χ2v) is 8.36. The molecule has 3 heterocycles. The van der Waals surface area contributed by atoms with E-state index in [1.165, 1.54) is 0 Å². The van der Waals surface area contributed by atoms with Crippen LogP contribution in [0.15, 0.2) is 97.3 Å². The Balaban J connectivity index is 1.50. The number of aromatic hydroxyl groups is 1. The highest BCUT2D eigenvalue weighted by atomic mass is 16.5. The van der Waals surface area contributed by atoms with Crippen molar-refractivity contribution in [1.82, 2.24) is 19.6 Å². The number of hydrogen-bond donors (Lipinski definition) is 1. The van der Waals surface area contributed by atoms with Gasteiger partial charge in [-0.3, -0.25) is 0 Å². The van der Waals surface area contributed by atoms with E-state index in [9.17, 15) is 5.11 Å². The van der Waals surface area contributed by atoms with E-state index in [0.717, 1.165) is 33.0 Å². The molecule has 1 atom stereocenters. The monoisotopic (exact) mass is 442 g/mol. The first-order valence-corrected chi connectivity index (χ1v) is 11.1. The minimum Gasteiger partial charge on any atom is -0.508 e. The Hall–Kier alpha value is -4.71. The zero-order valence-corrected chi connectivity index (χ0v) is 18.0. The molecule has 4 aromatic carbocycles. The van der Waals surface area contributed by atoms with Crippen LogP contribution in [0.25, 0.3) is 27.8 Å². The molecule has 0 saturated carbocycles. The average Bonchev–Trinajstić information content (AvgIpc) is 3.32. The van der Waals surface area contributed by atoms with Crippen molar-refractivity contribution >= 4 is 16.4 Å². The molecule has 0 saturated heterocycles. The lowest BCUT2D eigenvalue weighted by Gasteiger charge is -2.27. The molecule has 0 bridgehead atoms. The summed E-state index contributed by atoms with van der Waals surface area (Å²) in [6.45, 7) is 0. The molecule has 1 aliphatic heterocycles. The minimum absolute atomic E-state index is 0.149. The Morgan fingerprint density at radius 1 is 0.853 bits per heavy atom. The molecule has 1 N–H and O–H groups in total. The van der Waals surface area contributed by atoms with Crippen molar-refractivity contribution in [3.05, 3.63) is 114 Å². The number of phenolic OH excluding ortho intramolecular Hbond substituents is 1. The fourth-order valence-corrected chi connectivity index (χ4v) is 4.83. The largest absolute Gasteiger partial charge is 0.508 e. The highest BCUT2D eigenvalue weighted by Crippen LogP contribution is 2.48. The van der Waals surface area contributed by atoms with E-state index in [2.05, 4.69) is 35.3 Å². The Labute approximate surface area is 194 Å². The fraction of sp³-hybridized carbons (Fsp3) is 0.0357. The van der Waals surface area contributed by atoms with E-state index in [4.69, 9.17) is 14.8 Å². The van der Waals surface area contributed by atoms with Crippen LogP contribution in [-0.4, -0.2) is 24.7 Å². The van der Waals surface area contributed by atoms with Gasteiger partial charge >= 0.3 is 0 Å². The highest BCUT2D eigenvalue weighted by molar-refractivity contribution is 5.95. The summed E-state index contributed by atoms with van der Waals surface area (Å²) < 4.78 is 7.87. The molecular formula is C28H18N4O2. The molecule has 6 nitrogen and oxygen atoms in total. The smallest absolute Gasteiger partial charge is 0.228 e. The molecular weight excluding hydrogens is 424 g/mol. The molecule has 0 fully saturated rings. The van der Waals surface area contributed by atoms with E-state index in [0.29, 0.717) is 23.1 Å². The summed E-state index contributed by atoms with van der Waals surface area (Å²) in [5.41, 5.74) is 4.55. The molecule has 2 aromatic heterocycles. The maximum absolute atomic E-state index is 10.1. The van der Waals surface area contributed by atoms with Crippen LogP contribution in [-0.2, 0) is 0 Å². The number of rotatable bonds is 2. The molecule has 0 spiro atoms. The molecule has 0 amide bonds. The van der Waals surface area contributed by atoms with Gasteiger partial charge in [0.25, 0.3) is 0 Å². The van der Waals surface area contributed by atoms with Crippen LogP contribution in [0.4, 0.5) is 0 Å². The van der Waals surface area contributed by atoms with Crippen LogP contribution in [0.2, 0.25) is 0 Å². The Morgan fingerprint density at radius 3 is 2.59 bits per heavy atom. The summed E-state index contributed by atoms with van der Waals surface area (Å²) >= 11 is 0. The van der Waals surface area contributed by atoms with Crippen molar-refractivity contribution in [2.24, 2.45) is 0 Å². The van der Waals surface area contributed by atoms with Crippen LogP contribution in [0, 0.1) is 0 Å². The number of nitrogens with zero attached hydrogens (tertiary/aromatic N) is 4. The number of phenols is 1. The van der Waals surface area contributed by atoms with Crippen LogP contribution in [0.5, 0.6) is 17.4 Å². The molecule has 34 heavy (non-hydrogen) atoms. The molecule has 6 aromatic rings. The SMILES string of the molecule is Oc1ccc2c(c1)Oc1ncn3nc(-c4cccc5ccccc45)nc3c1C2c1ccccc1. The third kappa shape index (κ3) is 2.79. The lowest BCUT2D eigenvalue weighted by molar-refractivity contribution is 0.422. The van der Waals surface area contributed by atoms with Gasteiger partial charge in [-0.25, -0.2) is 14.5 Å². The normalized spacial score (nSPS) is 14.5. The standard InChI is InChI=1S/C28H18N4O2/c33-19-13-14-22-23(15-19)34-28-25(24(22)18-8-2-1-3-9-18)27-30-26(31-32(27)16-29-28)21-12-6-10-17-7-4-5-11-20(17)21/h1-16,24,33H. The molecule has 0 radical (unpaired) electrons. The van der Waals surface area contributed by atoms with Crippen molar-refractivity contribution in [3.8, 4) is 28.8 Å². The Morgan fingerprint density at radius 2 is 1.68 bits per heavy atom. The molecule has 1 unspecified atom stereocenters. The van der Waals surface area contributed by atoms with Gasteiger partial charge in [0, 0.05) is 23.1 Å². The third-order valence-corrected chi connectivity index (χ3v) is 6.35. The van der Waals surface area contributed by atoms with E-state index >= 15 is 0 Å². The van der Waals surface area contributed by atoms with Crippen molar-refractivity contribution < 1.29 is 9.84 Å². The summed E-state index contributed by atoms with van der Waals surface area (Å²) in [4.78, 5) is 9.57. The molecule has 1 aliphatic rings. The number of benzene rings is 4. The van der Waals surface area contributed by atoms with E-state index in [1.807, 2.05) is 48.5 Å². The molecule has 162 valence electrons. The Bertz CT molecular complexity index is 1700. The summed E-state index contributed by atoms with van der Waals surface area (Å²) in [6, 6.07) is 29.8. The van der Waals surface area contributed by atoms with E-state index in [-0.39, 0.29) is 11.7 Å². The van der Waals surface area contributed by atoms with Gasteiger partial charge in [-0.2, -0.15) is 0 Å². The second kappa shape index (κ2) is 7.15. The summed E-state index contributed by atoms with van der Waals surface area (Å²) in [5.74, 6) is 1.68. The van der Waals surface area contributed by atoms with Crippen LogP contribution in [0.1, 0.15) is 22.6 Å². The van der Waals surface area contributed by atoms with E-state index in [1.54, 1.807) is 23.0 Å². The van der Waals surface area contributed by atoms with Gasteiger partial charge in [0.05, 0.1) is 5.56 Å².